The van der Waals surface area contributed by atoms with Gasteiger partial charge in [0.25, 0.3) is 5.91 Å². The van der Waals surface area contributed by atoms with Crippen LogP contribution in [0.4, 0.5) is 13.2 Å². The van der Waals surface area contributed by atoms with E-state index < -0.39 is 6.61 Å². The maximum absolute atomic E-state index is 13.0. The molecule has 0 atom stereocenters. The van der Waals surface area contributed by atoms with Crippen LogP contribution in [-0.2, 0) is 6.54 Å². The third-order valence-electron chi connectivity index (χ3n) is 4.50. The topological polar surface area (TPSA) is 32.8 Å². The van der Waals surface area contributed by atoms with Gasteiger partial charge < -0.3 is 9.64 Å². The van der Waals surface area contributed by atoms with Crippen LogP contribution in [0.3, 0.4) is 0 Å². The molecule has 7 heteroatoms. The zero-order chi connectivity index (χ0) is 19.2. The summed E-state index contributed by atoms with van der Waals surface area (Å²) in [5.74, 6) is -0.480. The maximum atomic E-state index is 13.0. The fourth-order valence-corrected chi connectivity index (χ4v) is 3.17. The summed E-state index contributed by atoms with van der Waals surface area (Å²) >= 11 is 0. The molecule has 1 fully saturated rings. The molecule has 1 saturated heterocycles. The summed E-state index contributed by atoms with van der Waals surface area (Å²) in [6, 6.07) is 12.3. The van der Waals surface area contributed by atoms with Crippen LogP contribution in [0.1, 0.15) is 22.3 Å². The Labute approximate surface area is 156 Å². The van der Waals surface area contributed by atoms with E-state index in [1.54, 1.807) is 23.1 Å². The van der Waals surface area contributed by atoms with Crippen LogP contribution in [0, 0.1) is 5.82 Å². The number of rotatable bonds is 5. The molecule has 2 aromatic carbocycles. The molecule has 144 valence electrons. The molecule has 0 N–H and O–H groups in total. The van der Waals surface area contributed by atoms with E-state index >= 15 is 0 Å². The zero-order valence-corrected chi connectivity index (χ0v) is 14.8. The van der Waals surface area contributed by atoms with Crippen LogP contribution in [-0.4, -0.2) is 48.5 Å². The van der Waals surface area contributed by atoms with E-state index in [0.717, 1.165) is 18.5 Å². The second kappa shape index (κ2) is 8.90. The highest BCUT2D eigenvalue weighted by molar-refractivity contribution is 5.94. The first kappa shape index (κ1) is 19.2. The summed E-state index contributed by atoms with van der Waals surface area (Å²) < 4.78 is 42.1. The Morgan fingerprint density at radius 3 is 2.56 bits per heavy atom. The van der Waals surface area contributed by atoms with Crippen molar-refractivity contribution in [2.75, 3.05) is 26.2 Å². The van der Waals surface area contributed by atoms with Crippen molar-refractivity contribution < 1.29 is 22.7 Å². The minimum absolute atomic E-state index is 0.0244. The summed E-state index contributed by atoms with van der Waals surface area (Å²) in [6.07, 6.45) is 0.806. The highest BCUT2D eigenvalue weighted by atomic mass is 19.3. The summed E-state index contributed by atoms with van der Waals surface area (Å²) in [4.78, 5) is 16.7. The maximum Gasteiger partial charge on any atom is 0.387 e. The summed E-state index contributed by atoms with van der Waals surface area (Å²) in [6.45, 7) is 0.429. The fourth-order valence-electron chi connectivity index (χ4n) is 3.17. The number of benzene rings is 2. The second-order valence-corrected chi connectivity index (χ2v) is 6.45. The van der Waals surface area contributed by atoms with Crippen molar-refractivity contribution in [3.05, 3.63) is 65.5 Å². The second-order valence-electron chi connectivity index (χ2n) is 6.45. The van der Waals surface area contributed by atoms with E-state index in [1.165, 1.54) is 30.3 Å². The van der Waals surface area contributed by atoms with Gasteiger partial charge in [-0.2, -0.15) is 8.78 Å². The molecule has 0 spiro atoms. The van der Waals surface area contributed by atoms with Crippen LogP contribution in [0.2, 0.25) is 0 Å². The number of carbonyl (C=O) groups is 1. The lowest BCUT2D eigenvalue weighted by atomic mass is 10.2. The fraction of sp³-hybridized carbons (Fsp3) is 0.350. The van der Waals surface area contributed by atoms with E-state index in [1.807, 2.05) is 0 Å². The largest absolute Gasteiger partial charge is 0.435 e. The Kier molecular flexibility index (Phi) is 6.34. The molecular weight excluding hydrogens is 357 g/mol. The number of ether oxygens (including phenoxy) is 1. The van der Waals surface area contributed by atoms with E-state index in [2.05, 4.69) is 9.64 Å². The minimum Gasteiger partial charge on any atom is -0.435 e. The molecule has 0 aliphatic carbocycles. The lowest BCUT2D eigenvalue weighted by Crippen LogP contribution is -2.35. The summed E-state index contributed by atoms with van der Waals surface area (Å²) in [7, 11) is 0. The summed E-state index contributed by atoms with van der Waals surface area (Å²) in [5.41, 5.74) is 1.35. The molecule has 0 unspecified atom stereocenters. The predicted molar refractivity (Wildman–Crippen MR) is 95.3 cm³/mol. The molecule has 0 saturated carbocycles. The predicted octanol–water partition coefficient (Wildman–Crippen LogP) is 3.78. The molecule has 1 amide bonds. The van der Waals surface area contributed by atoms with Crippen molar-refractivity contribution in [1.82, 2.24) is 9.80 Å². The van der Waals surface area contributed by atoms with Crippen molar-refractivity contribution >= 4 is 5.91 Å². The molecule has 1 heterocycles. The number of amides is 1. The third kappa shape index (κ3) is 5.47. The van der Waals surface area contributed by atoms with Gasteiger partial charge in [0.15, 0.2) is 0 Å². The van der Waals surface area contributed by atoms with E-state index in [4.69, 9.17) is 0 Å². The zero-order valence-electron chi connectivity index (χ0n) is 14.8. The molecular formula is C20H21F3N2O2. The van der Waals surface area contributed by atoms with Gasteiger partial charge in [-0.15, -0.1) is 0 Å². The van der Waals surface area contributed by atoms with Crippen LogP contribution in [0.25, 0.3) is 0 Å². The average molecular weight is 378 g/mol. The Morgan fingerprint density at radius 1 is 1.04 bits per heavy atom. The standard InChI is InChI=1S/C20H21F3N2O2/c21-17-7-5-15(6-8-17)14-24-9-2-10-25(12-11-24)19(26)16-3-1-4-18(13-16)27-20(22)23/h1,3-8,13,20H,2,9-12,14H2. The summed E-state index contributed by atoms with van der Waals surface area (Å²) in [5, 5.41) is 0. The molecule has 1 aliphatic rings. The quantitative estimate of drug-likeness (QED) is 0.794. The van der Waals surface area contributed by atoms with Gasteiger partial charge in [0, 0.05) is 38.3 Å². The van der Waals surface area contributed by atoms with Crippen molar-refractivity contribution in [1.29, 1.82) is 0 Å². The number of hydrogen-bond donors (Lipinski definition) is 0. The Hall–Kier alpha value is -2.54. The van der Waals surface area contributed by atoms with Gasteiger partial charge in [-0.3, -0.25) is 9.69 Å². The number of halogens is 3. The van der Waals surface area contributed by atoms with Gasteiger partial charge in [-0.25, -0.2) is 4.39 Å². The van der Waals surface area contributed by atoms with Gasteiger partial charge in [-0.1, -0.05) is 18.2 Å². The first-order valence-electron chi connectivity index (χ1n) is 8.82. The minimum atomic E-state index is -2.92. The van der Waals surface area contributed by atoms with E-state index in [9.17, 15) is 18.0 Å². The van der Waals surface area contributed by atoms with Crippen molar-refractivity contribution in [3.8, 4) is 5.75 Å². The molecule has 4 nitrogen and oxygen atoms in total. The van der Waals surface area contributed by atoms with Crippen LogP contribution < -0.4 is 4.74 Å². The average Bonchev–Trinajstić information content (AvgIpc) is 2.88. The third-order valence-corrected chi connectivity index (χ3v) is 4.50. The van der Waals surface area contributed by atoms with Gasteiger partial charge in [0.1, 0.15) is 11.6 Å². The highest BCUT2D eigenvalue weighted by Crippen LogP contribution is 2.18. The van der Waals surface area contributed by atoms with E-state index in [-0.39, 0.29) is 17.5 Å². The molecule has 0 radical (unpaired) electrons. The van der Waals surface area contributed by atoms with E-state index in [0.29, 0.717) is 31.7 Å². The van der Waals surface area contributed by atoms with Crippen molar-refractivity contribution in [2.24, 2.45) is 0 Å². The number of hydrogen-bond acceptors (Lipinski definition) is 3. The number of carbonyl (C=O) groups excluding carboxylic acids is 1. The molecule has 0 bridgehead atoms. The Morgan fingerprint density at radius 2 is 1.81 bits per heavy atom. The monoisotopic (exact) mass is 378 g/mol. The first-order chi connectivity index (χ1) is 13.0. The smallest absolute Gasteiger partial charge is 0.387 e. The first-order valence-corrected chi connectivity index (χ1v) is 8.82. The lowest BCUT2D eigenvalue weighted by Gasteiger charge is -2.22. The Bertz CT molecular complexity index is 768. The molecule has 3 rings (SSSR count). The van der Waals surface area contributed by atoms with Crippen LogP contribution >= 0.6 is 0 Å². The normalized spacial score (nSPS) is 15.6. The van der Waals surface area contributed by atoms with Crippen molar-refractivity contribution in [2.45, 2.75) is 19.6 Å². The number of nitrogens with zero attached hydrogens (tertiary/aromatic N) is 2. The lowest BCUT2D eigenvalue weighted by molar-refractivity contribution is -0.0499. The number of alkyl halides is 2. The molecule has 27 heavy (non-hydrogen) atoms. The Balaban J connectivity index is 1.60. The van der Waals surface area contributed by atoms with Crippen LogP contribution in [0.5, 0.6) is 5.75 Å². The van der Waals surface area contributed by atoms with Crippen molar-refractivity contribution in [3.63, 3.8) is 0 Å². The van der Waals surface area contributed by atoms with Gasteiger partial charge >= 0.3 is 6.61 Å². The van der Waals surface area contributed by atoms with Gasteiger partial charge in [-0.05, 0) is 42.3 Å². The highest BCUT2D eigenvalue weighted by Gasteiger charge is 2.21. The molecule has 0 aromatic heterocycles. The SMILES string of the molecule is O=C(c1cccc(OC(F)F)c1)N1CCCN(Cc2ccc(F)cc2)CC1. The molecule has 1 aliphatic heterocycles. The van der Waals surface area contributed by atoms with Gasteiger partial charge in [0.05, 0.1) is 0 Å². The molecule has 2 aromatic rings. The van der Waals surface area contributed by atoms with Crippen LogP contribution in [0.15, 0.2) is 48.5 Å². The van der Waals surface area contributed by atoms with Gasteiger partial charge in [0.2, 0.25) is 0 Å².